The lowest BCUT2D eigenvalue weighted by Crippen LogP contribution is -2.19. The average Bonchev–Trinajstić information content (AvgIpc) is 2.40. The number of rotatable bonds is 8. The Labute approximate surface area is 118 Å². The fourth-order valence-electron chi connectivity index (χ4n) is 2.46. The first-order valence-corrected chi connectivity index (χ1v) is 7.50. The van der Waals surface area contributed by atoms with Crippen LogP contribution >= 0.6 is 0 Å². The minimum atomic E-state index is -0.136. The van der Waals surface area contributed by atoms with Gasteiger partial charge >= 0.3 is 0 Å². The fraction of sp³-hybridized carbons (Fsp3) is 0.647. The Balaban J connectivity index is 2.70. The van der Waals surface area contributed by atoms with Gasteiger partial charge in [-0.2, -0.15) is 0 Å². The van der Waals surface area contributed by atoms with E-state index >= 15 is 0 Å². The summed E-state index contributed by atoms with van der Waals surface area (Å²) in [5.74, 6) is 2.19. The van der Waals surface area contributed by atoms with Gasteiger partial charge in [0.15, 0.2) is 6.29 Å². The molecular weight excluding hydrogens is 236 g/mol. The van der Waals surface area contributed by atoms with Crippen LogP contribution in [0.5, 0.6) is 5.75 Å². The topological polar surface area (TPSA) is 18.5 Å². The molecule has 1 rings (SSSR count). The summed E-state index contributed by atoms with van der Waals surface area (Å²) in [4.78, 5) is 0. The summed E-state index contributed by atoms with van der Waals surface area (Å²) in [5, 5.41) is 0. The molecule has 0 heterocycles. The molecule has 1 aromatic carbocycles. The van der Waals surface area contributed by atoms with Gasteiger partial charge in [-0.1, -0.05) is 39.8 Å². The van der Waals surface area contributed by atoms with E-state index in [4.69, 9.17) is 9.47 Å². The molecule has 2 unspecified atom stereocenters. The van der Waals surface area contributed by atoms with Crippen LogP contribution < -0.4 is 4.74 Å². The summed E-state index contributed by atoms with van der Waals surface area (Å²) >= 11 is 0. The first-order chi connectivity index (χ1) is 9.12. The first kappa shape index (κ1) is 16.0. The zero-order chi connectivity index (χ0) is 14.3. The number of ether oxygens (including phenoxy) is 2. The molecule has 2 nitrogen and oxygen atoms in total. The van der Waals surface area contributed by atoms with E-state index in [0.29, 0.717) is 18.4 Å². The second kappa shape index (κ2) is 8.21. The van der Waals surface area contributed by atoms with E-state index in [1.54, 1.807) is 0 Å². The van der Waals surface area contributed by atoms with Crippen molar-refractivity contribution in [2.24, 2.45) is 5.92 Å². The van der Waals surface area contributed by atoms with Crippen molar-refractivity contribution in [3.63, 3.8) is 0 Å². The highest BCUT2D eigenvalue weighted by Gasteiger charge is 2.14. The lowest BCUT2D eigenvalue weighted by Gasteiger charge is -2.21. The summed E-state index contributed by atoms with van der Waals surface area (Å²) in [5.41, 5.74) is 1.40. The van der Waals surface area contributed by atoms with Crippen molar-refractivity contribution in [1.29, 1.82) is 0 Å². The van der Waals surface area contributed by atoms with E-state index in [1.807, 2.05) is 6.92 Å². The Morgan fingerprint density at radius 1 is 0.947 bits per heavy atom. The van der Waals surface area contributed by atoms with Crippen molar-refractivity contribution in [3.05, 3.63) is 29.8 Å². The maximum atomic E-state index is 5.81. The molecular formula is C17H28O2. The van der Waals surface area contributed by atoms with Crippen molar-refractivity contribution >= 4 is 0 Å². The lowest BCUT2D eigenvalue weighted by atomic mass is 9.86. The third-order valence-corrected chi connectivity index (χ3v) is 3.51. The van der Waals surface area contributed by atoms with E-state index in [0.717, 1.165) is 12.2 Å². The van der Waals surface area contributed by atoms with E-state index in [-0.39, 0.29) is 6.29 Å². The predicted molar refractivity (Wildman–Crippen MR) is 80.6 cm³/mol. The van der Waals surface area contributed by atoms with Crippen LogP contribution in [-0.4, -0.2) is 12.9 Å². The van der Waals surface area contributed by atoms with E-state index < -0.39 is 0 Å². The quantitative estimate of drug-likeness (QED) is 0.616. The SMILES string of the molecule is CCOC(CC)Oc1ccc(C(CC)C(C)C)cc1. The zero-order valence-electron chi connectivity index (χ0n) is 13.0. The molecule has 0 aliphatic heterocycles. The predicted octanol–water partition coefficient (Wildman–Crippen LogP) is 4.99. The van der Waals surface area contributed by atoms with Crippen LogP contribution in [0.2, 0.25) is 0 Å². The number of benzene rings is 1. The fourth-order valence-corrected chi connectivity index (χ4v) is 2.46. The maximum Gasteiger partial charge on any atom is 0.199 e. The molecule has 0 fully saturated rings. The molecule has 0 saturated heterocycles. The Morgan fingerprint density at radius 3 is 2.00 bits per heavy atom. The Kier molecular flexibility index (Phi) is 6.93. The first-order valence-electron chi connectivity index (χ1n) is 7.50. The summed E-state index contributed by atoms with van der Waals surface area (Å²) in [6.45, 7) is 11.5. The molecule has 2 heteroatoms. The van der Waals surface area contributed by atoms with Crippen LogP contribution in [0, 0.1) is 5.92 Å². The van der Waals surface area contributed by atoms with Gasteiger partial charge in [-0.25, -0.2) is 0 Å². The largest absolute Gasteiger partial charge is 0.465 e. The van der Waals surface area contributed by atoms with Crippen LogP contribution in [0.4, 0.5) is 0 Å². The molecule has 0 aromatic heterocycles. The maximum absolute atomic E-state index is 5.81. The van der Waals surface area contributed by atoms with Gasteiger partial charge in [0.05, 0.1) is 0 Å². The molecule has 0 spiro atoms. The molecule has 0 bridgehead atoms. The molecule has 0 aliphatic carbocycles. The van der Waals surface area contributed by atoms with Gasteiger partial charge in [0.2, 0.25) is 0 Å². The molecule has 0 radical (unpaired) electrons. The molecule has 1 aromatic rings. The van der Waals surface area contributed by atoms with Gasteiger partial charge in [-0.3, -0.25) is 0 Å². The minimum Gasteiger partial charge on any atom is -0.465 e. The highest BCUT2D eigenvalue weighted by Crippen LogP contribution is 2.29. The van der Waals surface area contributed by atoms with Gasteiger partial charge in [0.1, 0.15) is 5.75 Å². The van der Waals surface area contributed by atoms with Gasteiger partial charge in [0.25, 0.3) is 0 Å². The van der Waals surface area contributed by atoms with Crippen molar-refractivity contribution < 1.29 is 9.47 Å². The lowest BCUT2D eigenvalue weighted by molar-refractivity contribution is -0.0766. The van der Waals surface area contributed by atoms with E-state index in [2.05, 4.69) is 52.0 Å². The molecule has 0 N–H and O–H groups in total. The average molecular weight is 264 g/mol. The number of hydrogen-bond donors (Lipinski definition) is 0. The molecule has 108 valence electrons. The van der Waals surface area contributed by atoms with E-state index in [1.165, 1.54) is 12.0 Å². The van der Waals surface area contributed by atoms with Crippen LogP contribution in [0.3, 0.4) is 0 Å². The third kappa shape index (κ3) is 4.87. The second-order valence-electron chi connectivity index (χ2n) is 5.24. The van der Waals surface area contributed by atoms with Crippen LogP contribution in [0.25, 0.3) is 0 Å². The zero-order valence-corrected chi connectivity index (χ0v) is 13.0. The summed E-state index contributed by atoms with van der Waals surface area (Å²) in [7, 11) is 0. The highest BCUT2D eigenvalue weighted by atomic mass is 16.7. The van der Waals surface area contributed by atoms with Gasteiger partial charge in [-0.15, -0.1) is 0 Å². The summed E-state index contributed by atoms with van der Waals surface area (Å²) in [6, 6.07) is 8.48. The van der Waals surface area contributed by atoms with Crippen molar-refractivity contribution in [3.8, 4) is 5.75 Å². The number of hydrogen-bond acceptors (Lipinski definition) is 2. The van der Waals surface area contributed by atoms with Gasteiger partial charge in [-0.05, 0) is 42.9 Å². The summed E-state index contributed by atoms with van der Waals surface area (Å²) in [6.07, 6.45) is 1.90. The molecule has 0 aliphatic rings. The molecule has 2 atom stereocenters. The smallest absolute Gasteiger partial charge is 0.199 e. The Bertz CT molecular complexity index is 343. The van der Waals surface area contributed by atoms with Gasteiger partial charge < -0.3 is 9.47 Å². The molecule has 0 amide bonds. The van der Waals surface area contributed by atoms with Crippen molar-refractivity contribution in [2.45, 2.75) is 59.7 Å². The van der Waals surface area contributed by atoms with Crippen LogP contribution in [0.15, 0.2) is 24.3 Å². The van der Waals surface area contributed by atoms with Crippen molar-refractivity contribution in [2.75, 3.05) is 6.61 Å². The molecule has 19 heavy (non-hydrogen) atoms. The Hall–Kier alpha value is -1.02. The van der Waals surface area contributed by atoms with Crippen molar-refractivity contribution in [1.82, 2.24) is 0 Å². The minimum absolute atomic E-state index is 0.136. The second-order valence-corrected chi connectivity index (χ2v) is 5.24. The standard InChI is InChI=1S/C17H28O2/c1-6-16(13(4)5)14-9-11-15(12-10-14)19-17(7-2)18-8-3/h9-13,16-17H,6-8H2,1-5H3. The summed E-state index contributed by atoms with van der Waals surface area (Å²) < 4.78 is 11.3. The monoisotopic (exact) mass is 264 g/mol. The van der Waals surface area contributed by atoms with Crippen LogP contribution in [0.1, 0.15) is 58.9 Å². The highest BCUT2D eigenvalue weighted by molar-refractivity contribution is 5.29. The Morgan fingerprint density at radius 2 is 1.58 bits per heavy atom. The van der Waals surface area contributed by atoms with Crippen LogP contribution in [-0.2, 0) is 4.74 Å². The third-order valence-electron chi connectivity index (χ3n) is 3.51. The van der Waals surface area contributed by atoms with Gasteiger partial charge in [0, 0.05) is 13.0 Å². The normalized spacial score (nSPS) is 14.4. The van der Waals surface area contributed by atoms with E-state index in [9.17, 15) is 0 Å². The molecule has 0 saturated carbocycles.